The van der Waals surface area contributed by atoms with Gasteiger partial charge in [0.25, 0.3) is 5.91 Å². The number of furan rings is 1. The van der Waals surface area contributed by atoms with Crippen molar-refractivity contribution in [3.63, 3.8) is 0 Å². The van der Waals surface area contributed by atoms with Gasteiger partial charge >= 0.3 is 0 Å². The molecule has 8 nitrogen and oxygen atoms in total. The highest BCUT2D eigenvalue weighted by molar-refractivity contribution is 5.94. The van der Waals surface area contributed by atoms with Gasteiger partial charge in [-0.3, -0.25) is 9.89 Å². The predicted molar refractivity (Wildman–Crippen MR) is 104 cm³/mol. The van der Waals surface area contributed by atoms with Crippen molar-refractivity contribution in [3.8, 4) is 16.9 Å². The molecule has 0 atom stereocenters. The summed E-state index contributed by atoms with van der Waals surface area (Å²) in [6, 6.07) is 15.0. The molecule has 0 aliphatic heterocycles. The first-order valence-electron chi connectivity index (χ1n) is 8.68. The zero-order valence-electron chi connectivity index (χ0n) is 15.4. The van der Waals surface area contributed by atoms with Gasteiger partial charge in [0.15, 0.2) is 0 Å². The monoisotopic (exact) mass is 374 g/mol. The van der Waals surface area contributed by atoms with E-state index in [4.69, 9.17) is 4.42 Å². The average Bonchev–Trinajstić information content (AvgIpc) is 3.43. The Kier molecular flexibility index (Phi) is 4.59. The van der Waals surface area contributed by atoms with E-state index in [9.17, 15) is 4.79 Å². The number of hydrazone groups is 1. The lowest BCUT2D eigenvalue weighted by Crippen LogP contribution is -2.17. The maximum atomic E-state index is 12.3. The molecule has 3 heterocycles. The molecule has 4 rings (SSSR count). The van der Waals surface area contributed by atoms with Gasteiger partial charge in [-0.2, -0.15) is 15.3 Å². The summed E-state index contributed by atoms with van der Waals surface area (Å²) in [4.78, 5) is 12.3. The smallest absolute Gasteiger partial charge is 0.289 e. The minimum Gasteiger partial charge on any atom is -0.463 e. The Morgan fingerprint density at radius 2 is 2.04 bits per heavy atom. The van der Waals surface area contributed by atoms with Crippen molar-refractivity contribution in [2.45, 2.75) is 13.8 Å². The number of amides is 1. The fraction of sp³-hybridized carbons (Fsp3) is 0.100. The lowest BCUT2D eigenvalue weighted by atomic mass is 10.1. The van der Waals surface area contributed by atoms with Gasteiger partial charge in [0.05, 0.1) is 35.2 Å². The summed E-state index contributed by atoms with van der Waals surface area (Å²) in [6.45, 7) is 3.90. The van der Waals surface area contributed by atoms with Crippen LogP contribution in [0.15, 0.2) is 64.3 Å². The van der Waals surface area contributed by atoms with E-state index in [0.717, 1.165) is 22.6 Å². The third-order valence-electron chi connectivity index (χ3n) is 4.27. The molecule has 0 aliphatic rings. The molecule has 1 amide bonds. The molecule has 28 heavy (non-hydrogen) atoms. The highest BCUT2D eigenvalue weighted by Crippen LogP contribution is 2.27. The zero-order chi connectivity index (χ0) is 19.5. The molecule has 2 N–H and O–H groups in total. The number of carbonyl (C=O) groups is 1. The van der Waals surface area contributed by atoms with Crippen LogP contribution in [0.4, 0.5) is 0 Å². The summed E-state index contributed by atoms with van der Waals surface area (Å²) in [5, 5.41) is 15.5. The lowest BCUT2D eigenvalue weighted by molar-refractivity contribution is 0.0950. The minimum atomic E-state index is -0.396. The van der Waals surface area contributed by atoms with E-state index in [-0.39, 0.29) is 0 Å². The van der Waals surface area contributed by atoms with Crippen LogP contribution in [0.3, 0.4) is 0 Å². The summed E-state index contributed by atoms with van der Waals surface area (Å²) in [5.41, 5.74) is 7.02. The first-order valence-corrected chi connectivity index (χ1v) is 8.68. The second kappa shape index (κ2) is 7.36. The van der Waals surface area contributed by atoms with Crippen LogP contribution < -0.4 is 5.43 Å². The van der Waals surface area contributed by atoms with E-state index in [2.05, 4.69) is 25.8 Å². The van der Waals surface area contributed by atoms with Crippen LogP contribution in [0, 0.1) is 13.8 Å². The summed E-state index contributed by atoms with van der Waals surface area (Å²) < 4.78 is 6.99. The molecule has 0 spiro atoms. The number of H-pyrrole nitrogens is 1. The van der Waals surface area contributed by atoms with Crippen molar-refractivity contribution in [2.75, 3.05) is 0 Å². The van der Waals surface area contributed by atoms with Gasteiger partial charge in [-0.1, -0.05) is 18.2 Å². The SMILES string of the molecule is Cc1nn(-c2ccccc2)c(C)c1-c1cc(C(=O)N/N=C\c2ccco2)[nH]n1. The van der Waals surface area contributed by atoms with Gasteiger partial charge in [0.1, 0.15) is 11.5 Å². The standard InChI is InChI=1S/C20H18N6O2/c1-13-19(14(2)26(25-13)15-7-4-3-5-8-15)17-11-18(23-22-17)20(27)24-21-12-16-9-6-10-28-16/h3-12H,1-2H3,(H,22,23)(H,24,27)/b21-12-. The zero-order valence-corrected chi connectivity index (χ0v) is 15.4. The second-order valence-electron chi connectivity index (χ2n) is 6.17. The van der Waals surface area contributed by atoms with Gasteiger partial charge in [-0.25, -0.2) is 10.1 Å². The lowest BCUT2D eigenvalue weighted by Gasteiger charge is -2.04. The van der Waals surface area contributed by atoms with Gasteiger partial charge < -0.3 is 4.42 Å². The number of benzene rings is 1. The maximum Gasteiger partial charge on any atom is 0.289 e. The molecule has 1 aromatic carbocycles. The first kappa shape index (κ1) is 17.5. The number of aromatic nitrogens is 4. The molecule has 8 heteroatoms. The Morgan fingerprint density at radius 1 is 1.21 bits per heavy atom. The fourth-order valence-corrected chi connectivity index (χ4v) is 2.98. The van der Waals surface area contributed by atoms with Crippen molar-refractivity contribution in [2.24, 2.45) is 5.10 Å². The molecule has 0 unspecified atom stereocenters. The Bertz CT molecular complexity index is 1120. The van der Waals surface area contributed by atoms with Crippen molar-refractivity contribution in [3.05, 3.63) is 77.6 Å². The number of carbonyl (C=O) groups excluding carboxylic acids is 1. The molecule has 0 saturated heterocycles. The molecule has 4 aromatic rings. The van der Waals surface area contributed by atoms with E-state index in [0.29, 0.717) is 17.1 Å². The summed E-state index contributed by atoms with van der Waals surface area (Å²) in [6.07, 6.45) is 2.96. The van der Waals surface area contributed by atoms with E-state index in [1.165, 1.54) is 12.5 Å². The van der Waals surface area contributed by atoms with E-state index >= 15 is 0 Å². The summed E-state index contributed by atoms with van der Waals surface area (Å²) in [5.74, 6) is 0.150. The van der Waals surface area contributed by atoms with Crippen LogP contribution in [0.1, 0.15) is 27.6 Å². The Labute approximate surface area is 160 Å². The number of hydrogen-bond donors (Lipinski definition) is 2. The number of nitrogens with one attached hydrogen (secondary N) is 2. The Balaban J connectivity index is 1.56. The molecule has 0 radical (unpaired) electrons. The van der Waals surface area contributed by atoms with Gasteiger partial charge in [-0.15, -0.1) is 0 Å². The summed E-state index contributed by atoms with van der Waals surface area (Å²) in [7, 11) is 0. The van der Waals surface area contributed by atoms with Crippen molar-refractivity contribution in [1.29, 1.82) is 0 Å². The number of aromatic amines is 1. The van der Waals surface area contributed by atoms with Crippen LogP contribution in [0.2, 0.25) is 0 Å². The second-order valence-corrected chi connectivity index (χ2v) is 6.17. The average molecular weight is 374 g/mol. The highest BCUT2D eigenvalue weighted by atomic mass is 16.3. The van der Waals surface area contributed by atoms with Crippen LogP contribution in [-0.2, 0) is 0 Å². The molecular formula is C20H18N6O2. The van der Waals surface area contributed by atoms with Crippen molar-refractivity contribution < 1.29 is 9.21 Å². The topological polar surface area (TPSA) is 101 Å². The van der Waals surface area contributed by atoms with Gasteiger partial charge in [-0.05, 0) is 44.2 Å². The highest BCUT2D eigenvalue weighted by Gasteiger charge is 2.18. The van der Waals surface area contributed by atoms with E-state index < -0.39 is 5.91 Å². The van der Waals surface area contributed by atoms with Crippen LogP contribution in [0.25, 0.3) is 16.9 Å². The molecule has 0 aliphatic carbocycles. The largest absolute Gasteiger partial charge is 0.463 e. The fourth-order valence-electron chi connectivity index (χ4n) is 2.98. The number of nitrogens with zero attached hydrogens (tertiary/aromatic N) is 4. The molecule has 140 valence electrons. The van der Waals surface area contributed by atoms with Crippen LogP contribution in [-0.4, -0.2) is 32.1 Å². The molecular weight excluding hydrogens is 356 g/mol. The van der Waals surface area contributed by atoms with E-state index in [1.54, 1.807) is 18.2 Å². The van der Waals surface area contributed by atoms with Gasteiger partial charge in [0, 0.05) is 5.56 Å². The van der Waals surface area contributed by atoms with Crippen LogP contribution >= 0.6 is 0 Å². The van der Waals surface area contributed by atoms with Gasteiger partial charge in [0.2, 0.25) is 0 Å². The number of aryl methyl sites for hydroxylation is 1. The maximum absolute atomic E-state index is 12.3. The van der Waals surface area contributed by atoms with Crippen molar-refractivity contribution in [1.82, 2.24) is 25.4 Å². The Morgan fingerprint density at radius 3 is 2.79 bits per heavy atom. The third kappa shape index (κ3) is 3.35. The van der Waals surface area contributed by atoms with Crippen molar-refractivity contribution >= 4 is 12.1 Å². The molecule has 0 bridgehead atoms. The predicted octanol–water partition coefficient (Wildman–Crippen LogP) is 3.24. The third-order valence-corrected chi connectivity index (χ3v) is 4.27. The molecule has 0 fully saturated rings. The normalized spacial score (nSPS) is 11.2. The number of rotatable bonds is 5. The minimum absolute atomic E-state index is 0.304. The number of hydrogen-bond acceptors (Lipinski definition) is 5. The quantitative estimate of drug-likeness (QED) is 0.414. The molecule has 3 aromatic heterocycles. The first-order chi connectivity index (χ1) is 13.6. The Hall–Kier alpha value is -3.94. The summed E-state index contributed by atoms with van der Waals surface area (Å²) >= 11 is 0. The molecule has 0 saturated carbocycles. The number of para-hydroxylation sites is 1. The van der Waals surface area contributed by atoms with Crippen LogP contribution in [0.5, 0.6) is 0 Å². The van der Waals surface area contributed by atoms with E-state index in [1.807, 2.05) is 48.9 Å².